The highest BCUT2D eigenvalue weighted by Gasteiger charge is 2.27. The summed E-state index contributed by atoms with van der Waals surface area (Å²) < 4.78 is 37.7. The van der Waals surface area contributed by atoms with Gasteiger partial charge in [0.1, 0.15) is 0 Å². The van der Waals surface area contributed by atoms with Crippen molar-refractivity contribution in [2.45, 2.75) is 31.5 Å². The summed E-state index contributed by atoms with van der Waals surface area (Å²) in [6.07, 6.45) is -0.207. The number of nitrogens with one attached hydrogen (secondary N) is 1. The van der Waals surface area contributed by atoms with E-state index in [4.69, 9.17) is 0 Å². The van der Waals surface area contributed by atoms with Gasteiger partial charge in [-0.25, -0.2) is 9.50 Å². The second kappa shape index (κ2) is 4.48. The van der Waals surface area contributed by atoms with Crippen molar-refractivity contribution in [2.75, 3.05) is 6.54 Å². The van der Waals surface area contributed by atoms with Crippen molar-refractivity contribution >= 4 is 5.65 Å². The molecule has 1 saturated carbocycles. The van der Waals surface area contributed by atoms with E-state index in [0.717, 1.165) is 18.5 Å². The van der Waals surface area contributed by atoms with Gasteiger partial charge in [-0.3, -0.25) is 0 Å². The summed E-state index contributed by atoms with van der Waals surface area (Å²) in [5.41, 5.74) is 2.25. The monoisotopic (exact) mass is 270 g/mol. The lowest BCUT2D eigenvalue weighted by atomic mass is 10.3. The molecule has 2 heterocycles. The third kappa shape index (κ3) is 3.04. The van der Waals surface area contributed by atoms with Crippen LogP contribution in [0.2, 0.25) is 0 Å². The number of rotatable bonds is 4. The molecule has 4 nitrogen and oxygen atoms in total. The molecule has 0 radical (unpaired) electrons. The van der Waals surface area contributed by atoms with Crippen LogP contribution in [0.1, 0.15) is 30.1 Å². The fourth-order valence-electron chi connectivity index (χ4n) is 1.96. The normalized spacial score (nSPS) is 16.2. The van der Waals surface area contributed by atoms with Crippen molar-refractivity contribution in [1.29, 1.82) is 0 Å². The van der Waals surface area contributed by atoms with E-state index in [1.54, 1.807) is 10.7 Å². The van der Waals surface area contributed by atoms with Crippen LogP contribution in [0.4, 0.5) is 13.2 Å². The minimum Gasteiger partial charge on any atom is -0.303 e. The lowest BCUT2D eigenvalue weighted by Gasteiger charge is -2.05. The summed E-state index contributed by atoms with van der Waals surface area (Å²) in [7, 11) is 0. The first kappa shape index (κ1) is 12.4. The highest BCUT2D eigenvalue weighted by molar-refractivity contribution is 5.39. The summed E-state index contributed by atoms with van der Waals surface area (Å²) in [5.74, 6) is 0.540. The Morgan fingerprint density at radius 2 is 2.11 bits per heavy atom. The SMILES string of the molecule is FC(F)(F)CNCc1cn2nc(C3CC3)ccc2n1. The molecule has 0 atom stereocenters. The van der Waals surface area contributed by atoms with Crippen LogP contribution < -0.4 is 5.32 Å². The first-order chi connectivity index (χ1) is 9.01. The van der Waals surface area contributed by atoms with Crippen molar-refractivity contribution in [2.24, 2.45) is 0 Å². The van der Waals surface area contributed by atoms with E-state index in [2.05, 4.69) is 15.4 Å². The molecule has 0 unspecified atom stereocenters. The molecule has 1 fully saturated rings. The van der Waals surface area contributed by atoms with Crippen LogP contribution in [-0.4, -0.2) is 27.3 Å². The second-order valence-electron chi connectivity index (χ2n) is 4.79. The minimum atomic E-state index is -4.20. The van der Waals surface area contributed by atoms with Gasteiger partial charge in [0.2, 0.25) is 0 Å². The molecule has 7 heteroatoms. The lowest BCUT2D eigenvalue weighted by molar-refractivity contribution is -0.125. The number of halogens is 3. The molecule has 1 N–H and O–H groups in total. The average molecular weight is 270 g/mol. The maximum atomic E-state index is 12.0. The van der Waals surface area contributed by atoms with Gasteiger partial charge in [0.25, 0.3) is 0 Å². The van der Waals surface area contributed by atoms with Crippen molar-refractivity contribution in [1.82, 2.24) is 19.9 Å². The van der Waals surface area contributed by atoms with Crippen molar-refractivity contribution < 1.29 is 13.2 Å². The van der Waals surface area contributed by atoms with E-state index in [1.165, 1.54) is 0 Å². The van der Waals surface area contributed by atoms with Crippen LogP contribution in [0.3, 0.4) is 0 Å². The molecule has 0 aromatic carbocycles. The zero-order chi connectivity index (χ0) is 13.5. The summed E-state index contributed by atoms with van der Waals surface area (Å²) in [6.45, 7) is -0.927. The topological polar surface area (TPSA) is 42.2 Å². The molecule has 0 amide bonds. The summed E-state index contributed by atoms with van der Waals surface area (Å²) in [4.78, 5) is 4.22. The molecule has 0 spiro atoms. The maximum absolute atomic E-state index is 12.0. The van der Waals surface area contributed by atoms with Gasteiger partial charge in [-0.1, -0.05) is 0 Å². The van der Waals surface area contributed by atoms with Crippen molar-refractivity contribution in [3.05, 3.63) is 29.7 Å². The number of aromatic nitrogens is 3. The second-order valence-corrected chi connectivity index (χ2v) is 4.79. The number of hydrogen-bond donors (Lipinski definition) is 1. The van der Waals surface area contributed by atoms with Crippen LogP contribution in [0.25, 0.3) is 5.65 Å². The molecule has 1 aliphatic rings. The number of fused-ring (bicyclic) bond motifs is 1. The lowest BCUT2D eigenvalue weighted by Crippen LogP contribution is -2.28. The van der Waals surface area contributed by atoms with Crippen LogP contribution >= 0.6 is 0 Å². The molecule has 2 aromatic rings. The Kier molecular flexibility index (Phi) is 2.93. The maximum Gasteiger partial charge on any atom is 0.401 e. The Balaban J connectivity index is 1.70. The Hall–Kier alpha value is -1.63. The molecule has 0 bridgehead atoms. The zero-order valence-corrected chi connectivity index (χ0v) is 10.1. The van der Waals surface area contributed by atoms with Crippen LogP contribution in [0.15, 0.2) is 18.3 Å². The van der Waals surface area contributed by atoms with Crippen molar-refractivity contribution in [3.8, 4) is 0 Å². The van der Waals surface area contributed by atoms with Gasteiger partial charge in [-0.15, -0.1) is 0 Å². The molecule has 0 saturated heterocycles. The Bertz CT molecular complexity index is 586. The predicted molar refractivity (Wildman–Crippen MR) is 62.7 cm³/mol. The number of hydrogen-bond acceptors (Lipinski definition) is 3. The minimum absolute atomic E-state index is 0.0850. The van der Waals surface area contributed by atoms with E-state index in [9.17, 15) is 13.2 Å². The van der Waals surface area contributed by atoms with E-state index < -0.39 is 12.7 Å². The Morgan fingerprint density at radius 1 is 1.32 bits per heavy atom. The molecule has 0 aliphatic heterocycles. The Morgan fingerprint density at radius 3 is 2.79 bits per heavy atom. The first-order valence-electron chi connectivity index (χ1n) is 6.14. The third-order valence-electron chi connectivity index (χ3n) is 3.02. The molecule has 1 aliphatic carbocycles. The van der Waals surface area contributed by atoms with Gasteiger partial charge in [0.05, 0.1) is 24.1 Å². The molecule has 2 aromatic heterocycles. The van der Waals surface area contributed by atoms with E-state index in [1.807, 2.05) is 12.1 Å². The van der Waals surface area contributed by atoms with Gasteiger partial charge in [-0.05, 0) is 25.0 Å². The third-order valence-corrected chi connectivity index (χ3v) is 3.02. The standard InChI is InChI=1S/C12H13F3N4/c13-12(14,15)7-16-5-9-6-19-11(17-9)4-3-10(18-19)8-1-2-8/h3-4,6,8,16H,1-2,5,7H2. The van der Waals surface area contributed by atoms with Gasteiger partial charge in [0.15, 0.2) is 5.65 Å². The zero-order valence-electron chi connectivity index (χ0n) is 10.1. The van der Waals surface area contributed by atoms with Crippen LogP contribution in [0.5, 0.6) is 0 Å². The summed E-state index contributed by atoms with van der Waals surface area (Å²) in [6, 6.07) is 3.79. The summed E-state index contributed by atoms with van der Waals surface area (Å²) >= 11 is 0. The quantitative estimate of drug-likeness (QED) is 0.926. The summed E-state index contributed by atoms with van der Waals surface area (Å²) in [5, 5.41) is 6.74. The van der Waals surface area contributed by atoms with E-state index in [-0.39, 0.29) is 6.54 Å². The largest absolute Gasteiger partial charge is 0.401 e. The molecular formula is C12H13F3N4. The fraction of sp³-hybridized carbons (Fsp3) is 0.500. The molecular weight excluding hydrogens is 257 g/mol. The number of nitrogens with zero attached hydrogens (tertiary/aromatic N) is 3. The molecule has 102 valence electrons. The molecule has 19 heavy (non-hydrogen) atoms. The fourth-order valence-corrected chi connectivity index (χ4v) is 1.96. The Labute approximate surface area is 107 Å². The predicted octanol–water partition coefficient (Wildman–Crippen LogP) is 2.26. The number of alkyl halides is 3. The highest BCUT2D eigenvalue weighted by Crippen LogP contribution is 2.38. The first-order valence-corrected chi connectivity index (χ1v) is 6.14. The smallest absolute Gasteiger partial charge is 0.303 e. The van der Waals surface area contributed by atoms with Gasteiger partial charge >= 0.3 is 6.18 Å². The molecule has 3 rings (SSSR count). The van der Waals surface area contributed by atoms with E-state index in [0.29, 0.717) is 17.3 Å². The average Bonchev–Trinajstić information content (AvgIpc) is 3.08. The van der Waals surface area contributed by atoms with Gasteiger partial charge in [0, 0.05) is 12.5 Å². The van der Waals surface area contributed by atoms with Gasteiger partial charge in [-0.2, -0.15) is 18.3 Å². The van der Waals surface area contributed by atoms with Crippen LogP contribution in [0, 0.1) is 0 Å². The van der Waals surface area contributed by atoms with Crippen molar-refractivity contribution in [3.63, 3.8) is 0 Å². The van der Waals surface area contributed by atoms with Gasteiger partial charge < -0.3 is 5.32 Å². The van der Waals surface area contributed by atoms with Crippen LogP contribution in [-0.2, 0) is 6.54 Å². The number of imidazole rings is 1. The highest BCUT2D eigenvalue weighted by atomic mass is 19.4. The van der Waals surface area contributed by atoms with E-state index >= 15 is 0 Å².